The number of anilines is 2. The second-order valence-electron chi connectivity index (χ2n) is 10.9. The number of nitriles is 2. The number of nitrogens with zero attached hydrogens (tertiary/aromatic N) is 8. The average Bonchev–Trinajstić information content (AvgIpc) is 3.38. The molecule has 3 aliphatic heterocycles. The van der Waals surface area contributed by atoms with E-state index in [9.17, 15) is 10.5 Å². The van der Waals surface area contributed by atoms with Gasteiger partial charge in [-0.2, -0.15) is 10.5 Å². The van der Waals surface area contributed by atoms with Crippen LogP contribution < -0.4 is 20.0 Å². The molecule has 3 atom stereocenters. The molecule has 0 aromatic carbocycles. The molecule has 3 aromatic rings. The molecule has 40 heavy (non-hydrogen) atoms. The smallest absolute Gasteiger partial charge is 0.205 e. The zero-order valence-corrected chi connectivity index (χ0v) is 23.6. The number of ether oxygens (including phenoxy) is 1. The Morgan fingerprint density at radius 3 is 2.50 bits per heavy atom. The number of hydrogen-bond acceptors (Lipinski definition) is 9. The third-order valence-corrected chi connectivity index (χ3v) is 8.36. The van der Waals surface area contributed by atoms with Gasteiger partial charge in [-0.3, -0.25) is 9.88 Å². The van der Waals surface area contributed by atoms with Crippen molar-refractivity contribution in [2.45, 2.75) is 25.6 Å². The number of methoxy groups -OCH3 is 1. The van der Waals surface area contributed by atoms with E-state index < -0.39 is 0 Å². The van der Waals surface area contributed by atoms with Gasteiger partial charge in [0.25, 0.3) is 0 Å². The summed E-state index contributed by atoms with van der Waals surface area (Å²) in [6.45, 7) is 5.93. The first-order valence-corrected chi connectivity index (χ1v) is 13.8. The van der Waals surface area contributed by atoms with Gasteiger partial charge in [0.15, 0.2) is 0 Å². The fraction of sp³-hybridized carbons (Fsp3) is 0.345. The lowest BCUT2D eigenvalue weighted by molar-refractivity contribution is 0.336. The molecule has 198 valence electrons. The van der Waals surface area contributed by atoms with Gasteiger partial charge < -0.3 is 14.5 Å². The van der Waals surface area contributed by atoms with Crippen LogP contribution in [0.1, 0.15) is 18.2 Å². The lowest BCUT2D eigenvalue weighted by atomic mass is 9.83. The molecular weight excluding hydrogens is 518 g/mol. The maximum atomic E-state index is 9.70. The van der Waals surface area contributed by atoms with Gasteiger partial charge in [0.1, 0.15) is 19.7 Å². The molecule has 3 aromatic heterocycles. The van der Waals surface area contributed by atoms with E-state index in [0.29, 0.717) is 47.8 Å². The number of aromatic nitrogens is 3. The molecular formula is C29H28BN8OP. The SMILES string of the molecule is [B]c1cc(CN2C3CN(c4ccc(-c5cc(N6CC(C)(C#N)C6)cnc5C(C#N)=CP)cn4)CC32)cnc1OC. The van der Waals surface area contributed by atoms with Crippen LogP contribution in [0, 0.1) is 28.1 Å². The first-order valence-electron chi connectivity index (χ1n) is 13.1. The molecule has 6 rings (SSSR count). The van der Waals surface area contributed by atoms with E-state index in [1.54, 1.807) is 19.1 Å². The van der Waals surface area contributed by atoms with Crippen LogP contribution in [0.3, 0.4) is 0 Å². The van der Waals surface area contributed by atoms with Crippen molar-refractivity contribution in [3.63, 3.8) is 0 Å². The van der Waals surface area contributed by atoms with Gasteiger partial charge in [-0.25, -0.2) is 9.97 Å². The van der Waals surface area contributed by atoms with Crippen molar-refractivity contribution in [2.75, 3.05) is 43.1 Å². The Kier molecular flexibility index (Phi) is 6.70. The van der Waals surface area contributed by atoms with Crippen molar-refractivity contribution < 1.29 is 4.74 Å². The van der Waals surface area contributed by atoms with E-state index in [0.717, 1.165) is 47.8 Å². The quantitative estimate of drug-likeness (QED) is 0.191. The number of fused-ring (bicyclic) bond motifs is 1. The Morgan fingerprint density at radius 1 is 1.12 bits per heavy atom. The van der Waals surface area contributed by atoms with Gasteiger partial charge in [-0.1, -0.05) is 6.07 Å². The van der Waals surface area contributed by atoms with E-state index in [1.165, 1.54) is 0 Å². The molecule has 9 nitrogen and oxygen atoms in total. The number of pyridine rings is 3. The first kappa shape index (κ1) is 26.3. The summed E-state index contributed by atoms with van der Waals surface area (Å²) in [5.41, 5.74) is 5.07. The van der Waals surface area contributed by atoms with Crippen LogP contribution in [0.5, 0.6) is 5.88 Å². The van der Waals surface area contributed by atoms with Gasteiger partial charge in [-0.15, -0.1) is 9.24 Å². The fourth-order valence-electron chi connectivity index (χ4n) is 5.79. The highest BCUT2D eigenvalue weighted by atomic mass is 31.0. The molecule has 2 radical (unpaired) electrons. The minimum absolute atomic E-state index is 0.343. The van der Waals surface area contributed by atoms with Crippen LogP contribution in [0.25, 0.3) is 16.7 Å². The standard InChI is InChI=1S/C29H28BN8OP/c1-29(15-32)16-37(17-29)21-6-22(27(34-10-21)20(7-31)14-40)19-3-4-26(33-9-19)36-12-24-25(13-36)38(24)11-18-5-23(30)28(39-2)35-8-18/h3-6,8-10,14,24-25H,11-13,16-17,40H2,1-2H3. The highest BCUT2D eigenvalue weighted by Gasteiger charge is 2.53. The molecule has 0 aliphatic carbocycles. The van der Waals surface area contributed by atoms with E-state index in [-0.39, 0.29) is 5.41 Å². The summed E-state index contributed by atoms with van der Waals surface area (Å²) in [6.07, 6.45) is 5.47. The molecule has 0 saturated carbocycles. The highest BCUT2D eigenvalue weighted by Crippen LogP contribution is 2.40. The summed E-state index contributed by atoms with van der Waals surface area (Å²) in [4.78, 5) is 20.7. The number of allylic oxidation sites excluding steroid dienone is 1. The second kappa shape index (κ2) is 10.2. The monoisotopic (exact) mass is 546 g/mol. The van der Waals surface area contributed by atoms with E-state index in [1.807, 2.05) is 43.6 Å². The van der Waals surface area contributed by atoms with Crippen LogP contribution in [0.2, 0.25) is 0 Å². The predicted octanol–water partition coefficient (Wildman–Crippen LogP) is 2.50. The van der Waals surface area contributed by atoms with Gasteiger partial charge >= 0.3 is 0 Å². The third-order valence-electron chi connectivity index (χ3n) is 8.03. The summed E-state index contributed by atoms with van der Waals surface area (Å²) in [7, 11) is 10.1. The highest BCUT2D eigenvalue weighted by molar-refractivity contribution is 7.21. The maximum absolute atomic E-state index is 9.70. The van der Waals surface area contributed by atoms with E-state index >= 15 is 0 Å². The van der Waals surface area contributed by atoms with Crippen LogP contribution in [0.4, 0.5) is 11.5 Å². The Hall–Kier alpha value is -3.98. The van der Waals surface area contributed by atoms with Crippen molar-refractivity contribution in [1.29, 1.82) is 10.5 Å². The molecule has 3 saturated heterocycles. The summed E-state index contributed by atoms with van der Waals surface area (Å²) in [5, 5.41) is 19.1. The third kappa shape index (κ3) is 4.68. The lowest BCUT2D eigenvalue weighted by Crippen LogP contribution is -2.54. The Balaban J connectivity index is 1.16. The molecule has 0 amide bonds. The molecule has 0 N–H and O–H groups in total. The van der Waals surface area contributed by atoms with Crippen molar-refractivity contribution in [1.82, 2.24) is 19.9 Å². The van der Waals surface area contributed by atoms with Gasteiger partial charge in [0, 0.05) is 68.3 Å². The molecule has 11 heteroatoms. The Morgan fingerprint density at radius 2 is 1.90 bits per heavy atom. The van der Waals surface area contributed by atoms with Crippen molar-refractivity contribution >= 4 is 39.6 Å². The van der Waals surface area contributed by atoms with E-state index in [4.69, 9.17) is 17.6 Å². The second-order valence-corrected chi connectivity index (χ2v) is 11.2. The molecule has 3 aliphatic rings. The van der Waals surface area contributed by atoms with Crippen molar-refractivity contribution in [3.8, 4) is 29.1 Å². The van der Waals surface area contributed by atoms with Crippen LogP contribution in [-0.2, 0) is 6.54 Å². The van der Waals surface area contributed by atoms with Gasteiger partial charge in [0.05, 0.1) is 41.7 Å². The van der Waals surface area contributed by atoms with E-state index in [2.05, 4.69) is 46.0 Å². The zero-order valence-electron chi connectivity index (χ0n) is 22.4. The molecule has 3 unspecified atom stereocenters. The largest absolute Gasteiger partial charge is 0.481 e. The molecule has 6 heterocycles. The van der Waals surface area contributed by atoms with Crippen molar-refractivity contribution in [2.24, 2.45) is 5.41 Å². The van der Waals surface area contributed by atoms with Crippen LogP contribution in [-0.4, -0.2) is 73.1 Å². The Bertz CT molecular complexity index is 1560. The number of hydrogen-bond donors (Lipinski definition) is 0. The summed E-state index contributed by atoms with van der Waals surface area (Å²) < 4.78 is 5.16. The summed E-state index contributed by atoms with van der Waals surface area (Å²) >= 11 is 0. The zero-order chi connectivity index (χ0) is 28.0. The normalized spacial score (nSPS) is 22.6. The van der Waals surface area contributed by atoms with Gasteiger partial charge in [-0.05, 0) is 42.0 Å². The summed E-state index contributed by atoms with van der Waals surface area (Å²) in [6, 6.07) is 13.7. The lowest BCUT2D eigenvalue weighted by Gasteiger charge is -2.44. The van der Waals surface area contributed by atoms with Crippen LogP contribution >= 0.6 is 9.24 Å². The topological polar surface area (TPSA) is 105 Å². The Labute approximate surface area is 237 Å². The molecule has 0 bridgehead atoms. The minimum atomic E-state index is -0.343. The van der Waals surface area contributed by atoms with Gasteiger partial charge in [0.2, 0.25) is 5.88 Å². The fourth-order valence-corrected chi connectivity index (χ4v) is 6.02. The molecule has 0 spiro atoms. The average molecular weight is 546 g/mol. The number of piperazine rings is 1. The maximum Gasteiger partial charge on any atom is 0.205 e. The number of rotatable bonds is 7. The first-order chi connectivity index (χ1) is 19.4. The predicted molar refractivity (Wildman–Crippen MR) is 158 cm³/mol. The summed E-state index contributed by atoms with van der Waals surface area (Å²) in [5.74, 6) is 3.09. The molecule has 3 fully saturated rings. The van der Waals surface area contributed by atoms with Crippen molar-refractivity contribution in [3.05, 3.63) is 59.9 Å². The van der Waals surface area contributed by atoms with Crippen LogP contribution in [0.15, 0.2) is 48.7 Å². The minimum Gasteiger partial charge on any atom is -0.481 e.